The Morgan fingerprint density at radius 3 is 2.31 bits per heavy atom. The zero-order valence-corrected chi connectivity index (χ0v) is 20.0. The van der Waals surface area contributed by atoms with Crippen LogP contribution in [0.2, 0.25) is 5.02 Å². The molecule has 11 heteroatoms. The van der Waals surface area contributed by atoms with E-state index in [1.54, 1.807) is 18.5 Å². The van der Waals surface area contributed by atoms with Crippen molar-refractivity contribution in [2.75, 3.05) is 38.2 Å². The maximum Gasteiger partial charge on any atom is 0.246 e. The normalized spacial score (nSPS) is 15.2. The summed E-state index contributed by atoms with van der Waals surface area (Å²) in [6.45, 7) is 7.43. The lowest BCUT2D eigenvalue weighted by atomic mass is 10.3. The number of aryl methyl sites for hydroxylation is 2. The van der Waals surface area contributed by atoms with E-state index in [4.69, 9.17) is 16.3 Å². The van der Waals surface area contributed by atoms with Crippen molar-refractivity contribution < 1.29 is 13.2 Å². The zero-order valence-electron chi connectivity index (χ0n) is 18.4. The zero-order chi connectivity index (χ0) is 23.0. The van der Waals surface area contributed by atoms with Crippen molar-refractivity contribution in [3.8, 4) is 11.6 Å². The van der Waals surface area contributed by atoms with Gasteiger partial charge in [0.1, 0.15) is 34.4 Å². The van der Waals surface area contributed by atoms with Gasteiger partial charge in [-0.05, 0) is 39.0 Å². The molecule has 0 spiro atoms. The minimum Gasteiger partial charge on any atom is -0.495 e. The molecule has 2 aromatic heterocycles. The molecule has 0 saturated carbocycles. The molecule has 1 saturated heterocycles. The van der Waals surface area contributed by atoms with E-state index in [0.717, 1.165) is 23.0 Å². The van der Waals surface area contributed by atoms with E-state index in [9.17, 15) is 8.42 Å². The molecule has 0 atom stereocenters. The third kappa shape index (κ3) is 4.17. The Kier molecular flexibility index (Phi) is 6.11. The van der Waals surface area contributed by atoms with Crippen LogP contribution < -0.4 is 9.64 Å². The monoisotopic (exact) mass is 476 g/mol. The van der Waals surface area contributed by atoms with Crippen LogP contribution in [0.25, 0.3) is 5.82 Å². The maximum atomic E-state index is 13.2. The highest BCUT2D eigenvalue weighted by Gasteiger charge is 2.31. The summed E-state index contributed by atoms with van der Waals surface area (Å²) in [6.07, 6.45) is 1.75. The summed E-state index contributed by atoms with van der Waals surface area (Å²) < 4.78 is 35.1. The Hall–Kier alpha value is -2.69. The molecule has 170 valence electrons. The van der Waals surface area contributed by atoms with Crippen molar-refractivity contribution in [3.05, 3.63) is 52.8 Å². The smallest absolute Gasteiger partial charge is 0.246 e. The number of ether oxygens (including phenoxy) is 1. The molecule has 0 unspecified atom stereocenters. The van der Waals surface area contributed by atoms with E-state index in [-0.39, 0.29) is 10.6 Å². The van der Waals surface area contributed by atoms with E-state index >= 15 is 0 Å². The van der Waals surface area contributed by atoms with Crippen LogP contribution in [-0.2, 0) is 10.0 Å². The molecule has 1 fully saturated rings. The lowest BCUT2D eigenvalue weighted by molar-refractivity contribution is 0.373. The van der Waals surface area contributed by atoms with Gasteiger partial charge in [-0.15, -0.1) is 0 Å². The quantitative estimate of drug-likeness (QED) is 0.558. The standard InChI is InChI=1S/C21H25ClN6O3S/c1-14-15(2)28(13-23-14)21-12-20(24-16(3)25-21)26-7-9-27(10-8-26)32(29,30)19-11-17(22)5-6-18(19)31-4/h5-6,11-13H,7-10H2,1-4H3. The number of imidazole rings is 1. The molecule has 1 aliphatic heterocycles. The van der Waals surface area contributed by atoms with Crippen molar-refractivity contribution in [2.24, 2.45) is 0 Å². The second kappa shape index (κ2) is 8.68. The number of piperazine rings is 1. The fourth-order valence-electron chi connectivity index (χ4n) is 3.70. The maximum absolute atomic E-state index is 13.2. The number of halogens is 1. The first-order valence-corrected chi connectivity index (χ1v) is 12.0. The van der Waals surface area contributed by atoms with Gasteiger partial charge in [0.25, 0.3) is 0 Å². The van der Waals surface area contributed by atoms with Gasteiger partial charge in [-0.25, -0.2) is 23.4 Å². The lowest BCUT2D eigenvalue weighted by Crippen LogP contribution is -2.49. The first-order chi connectivity index (χ1) is 15.2. The average molecular weight is 477 g/mol. The van der Waals surface area contributed by atoms with Crippen LogP contribution in [0.5, 0.6) is 5.75 Å². The Labute approximate surface area is 192 Å². The van der Waals surface area contributed by atoms with Gasteiger partial charge in [0.15, 0.2) is 0 Å². The number of sulfonamides is 1. The molecule has 0 aliphatic carbocycles. The molecule has 1 aliphatic rings. The fraction of sp³-hybridized carbons (Fsp3) is 0.381. The topological polar surface area (TPSA) is 93.5 Å². The predicted molar refractivity (Wildman–Crippen MR) is 122 cm³/mol. The van der Waals surface area contributed by atoms with Gasteiger partial charge in [0.2, 0.25) is 10.0 Å². The lowest BCUT2D eigenvalue weighted by Gasteiger charge is -2.35. The fourth-order valence-corrected chi connectivity index (χ4v) is 5.54. The van der Waals surface area contributed by atoms with Gasteiger partial charge in [0.05, 0.1) is 12.8 Å². The largest absolute Gasteiger partial charge is 0.495 e. The van der Waals surface area contributed by atoms with Crippen LogP contribution >= 0.6 is 11.6 Å². The molecule has 4 rings (SSSR count). The number of benzene rings is 1. The van der Waals surface area contributed by atoms with Crippen LogP contribution in [0.1, 0.15) is 17.2 Å². The van der Waals surface area contributed by atoms with Crippen LogP contribution in [-0.4, -0.2) is 65.5 Å². The number of rotatable bonds is 5. The van der Waals surface area contributed by atoms with E-state index < -0.39 is 10.0 Å². The highest BCUT2D eigenvalue weighted by molar-refractivity contribution is 7.89. The number of nitrogens with zero attached hydrogens (tertiary/aromatic N) is 6. The van der Waals surface area contributed by atoms with Gasteiger partial charge in [-0.2, -0.15) is 4.31 Å². The minimum atomic E-state index is -3.74. The van der Waals surface area contributed by atoms with Gasteiger partial charge in [-0.3, -0.25) is 4.57 Å². The van der Waals surface area contributed by atoms with Crippen molar-refractivity contribution in [2.45, 2.75) is 25.7 Å². The first-order valence-electron chi connectivity index (χ1n) is 10.2. The molecule has 32 heavy (non-hydrogen) atoms. The van der Waals surface area contributed by atoms with E-state index in [2.05, 4.69) is 19.9 Å². The van der Waals surface area contributed by atoms with Gasteiger partial charge in [-0.1, -0.05) is 11.6 Å². The SMILES string of the molecule is COc1ccc(Cl)cc1S(=O)(=O)N1CCN(c2cc(-n3cnc(C)c3C)nc(C)n2)CC1. The summed E-state index contributed by atoms with van der Waals surface area (Å²) in [4.78, 5) is 15.6. The van der Waals surface area contributed by atoms with Crippen molar-refractivity contribution in [3.63, 3.8) is 0 Å². The number of methoxy groups -OCH3 is 1. The summed E-state index contributed by atoms with van der Waals surface area (Å²) in [6, 6.07) is 6.51. The second-order valence-corrected chi connectivity index (χ2v) is 9.95. The van der Waals surface area contributed by atoms with Crippen molar-refractivity contribution >= 4 is 27.4 Å². The van der Waals surface area contributed by atoms with Gasteiger partial charge < -0.3 is 9.64 Å². The number of anilines is 1. The third-order valence-electron chi connectivity index (χ3n) is 5.62. The van der Waals surface area contributed by atoms with Crippen LogP contribution in [0.15, 0.2) is 35.5 Å². The summed E-state index contributed by atoms with van der Waals surface area (Å²) >= 11 is 6.05. The third-order valence-corrected chi connectivity index (χ3v) is 7.77. The van der Waals surface area contributed by atoms with Crippen LogP contribution in [0.3, 0.4) is 0 Å². The molecule has 3 heterocycles. The Morgan fingerprint density at radius 2 is 1.69 bits per heavy atom. The van der Waals surface area contributed by atoms with Crippen LogP contribution in [0.4, 0.5) is 5.82 Å². The van der Waals surface area contributed by atoms with E-state index in [1.165, 1.54) is 17.5 Å². The Morgan fingerprint density at radius 1 is 1.00 bits per heavy atom. The molecular formula is C21H25ClN6O3S. The van der Waals surface area contributed by atoms with Crippen molar-refractivity contribution in [1.82, 2.24) is 23.8 Å². The first kappa shape index (κ1) is 22.5. The Bertz CT molecular complexity index is 1250. The van der Waals surface area contributed by atoms with Gasteiger partial charge in [0, 0.05) is 43.0 Å². The van der Waals surface area contributed by atoms with Crippen LogP contribution in [0, 0.1) is 20.8 Å². The minimum absolute atomic E-state index is 0.0760. The highest BCUT2D eigenvalue weighted by atomic mass is 35.5. The summed E-state index contributed by atoms with van der Waals surface area (Å²) in [5, 5.41) is 0.344. The molecular weight excluding hydrogens is 452 g/mol. The summed E-state index contributed by atoms with van der Waals surface area (Å²) in [5.41, 5.74) is 1.96. The van der Waals surface area contributed by atoms with E-state index in [0.29, 0.717) is 37.0 Å². The molecule has 9 nitrogen and oxygen atoms in total. The number of aromatic nitrogens is 4. The molecule has 0 N–H and O–H groups in total. The molecule has 3 aromatic rings. The molecule has 0 amide bonds. The molecule has 0 radical (unpaired) electrons. The highest BCUT2D eigenvalue weighted by Crippen LogP contribution is 2.30. The predicted octanol–water partition coefficient (Wildman–Crippen LogP) is 2.76. The second-order valence-electron chi connectivity index (χ2n) is 7.60. The Balaban J connectivity index is 1.56. The van der Waals surface area contributed by atoms with Gasteiger partial charge >= 0.3 is 0 Å². The summed E-state index contributed by atoms with van der Waals surface area (Å²) in [5.74, 6) is 2.42. The van der Waals surface area contributed by atoms with E-state index in [1.807, 2.05) is 31.4 Å². The average Bonchev–Trinajstić information content (AvgIpc) is 3.11. The summed E-state index contributed by atoms with van der Waals surface area (Å²) in [7, 11) is -2.30. The number of hydrogen-bond donors (Lipinski definition) is 0. The molecule has 0 bridgehead atoms. The molecule has 1 aromatic carbocycles. The number of hydrogen-bond acceptors (Lipinski definition) is 7. The van der Waals surface area contributed by atoms with Crippen molar-refractivity contribution in [1.29, 1.82) is 0 Å².